The van der Waals surface area contributed by atoms with Crippen molar-refractivity contribution in [1.29, 1.82) is 0 Å². The number of aryl methyl sites for hydroxylation is 3. The predicted molar refractivity (Wildman–Crippen MR) is 140 cm³/mol. The zero-order valence-electron chi connectivity index (χ0n) is 20.8. The molecule has 5 rings (SSSR count). The van der Waals surface area contributed by atoms with Crippen LogP contribution in [0.2, 0.25) is 0 Å². The van der Waals surface area contributed by atoms with Gasteiger partial charge in [-0.05, 0) is 42.4 Å². The summed E-state index contributed by atoms with van der Waals surface area (Å²) in [6, 6.07) is 12.1. The second kappa shape index (κ2) is 10.6. The molecule has 1 aliphatic carbocycles. The number of aromatic nitrogens is 4. The molecule has 0 bridgehead atoms. The number of pyridine rings is 1. The van der Waals surface area contributed by atoms with E-state index in [9.17, 15) is 14.7 Å². The number of fused-ring (bicyclic) bond motifs is 1. The molecular weight excluding hydrogens is 486 g/mol. The number of hydrogen-bond donors (Lipinski definition) is 2. The highest BCUT2D eigenvalue weighted by atomic mass is 32.1. The normalized spacial score (nSPS) is 13.9. The van der Waals surface area contributed by atoms with Crippen LogP contribution in [0, 0.1) is 5.41 Å². The van der Waals surface area contributed by atoms with Crippen molar-refractivity contribution in [2.24, 2.45) is 12.5 Å². The molecule has 0 radical (unpaired) electrons. The third-order valence-corrected chi connectivity index (χ3v) is 7.78. The number of carbonyl (C=O) groups excluding carboxylic acids is 1. The Balaban J connectivity index is 1.17. The van der Waals surface area contributed by atoms with Crippen LogP contribution in [0.4, 0.5) is 0 Å². The van der Waals surface area contributed by atoms with Crippen LogP contribution in [0.1, 0.15) is 34.5 Å². The smallest absolute Gasteiger partial charge is 0.304 e. The molecule has 0 saturated heterocycles. The number of carboxylic acid groups (broad SMARTS) is 1. The van der Waals surface area contributed by atoms with Gasteiger partial charge in [0, 0.05) is 35.8 Å². The number of nitrogens with one attached hydrogen (secondary N) is 1. The van der Waals surface area contributed by atoms with Gasteiger partial charge in [-0.3, -0.25) is 14.3 Å². The summed E-state index contributed by atoms with van der Waals surface area (Å²) in [7, 11) is 2.01. The minimum Gasteiger partial charge on any atom is -0.481 e. The summed E-state index contributed by atoms with van der Waals surface area (Å²) >= 11 is 1.47. The number of aliphatic carboxylic acids is 1. The van der Waals surface area contributed by atoms with Gasteiger partial charge in [0.15, 0.2) is 12.4 Å². The van der Waals surface area contributed by atoms with Crippen LogP contribution in [0.3, 0.4) is 0 Å². The van der Waals surface area contributed by atoms with Gasteiger partial charge < -0.3 is 10.4 Å². The number of carboxylic acids is 1. The lowest BCUT2D eigenvalue weighted by molar-refractivity contribution is -0.671. The summed E-state index contributed by atoms with van der Waals surface area (Å²) in [5, 5.41) is 19.7. The highest BCUT2D eigenvalue weighted by molar-refractivity contribution is 7.09. The standard InChI is InChI=1S/C28H29N5O3S/c1-32-11-8-20(9-12-32)5-4-10-33-18-23(16-30-33)24-19-37-25(31-24)17-29-27(36)28(15-26(34)35)13-21-6-2-3-7-22(21)14-28/h2-3,6-9,11-12,16,18-19H,4-5,10,13-15,17H2,1H3,(H-,29,34,35,36)/p+1. The summed E-state index contributed by atoms with van der Waals surface area (Å²) < 4.78 is 3.96. The molecule has 3 heterocycles. The second-order valence-corrected chi connectivity index (χ2v) is 10.7. The topological polar surface area (TPSA) is 101 Å². The lowest BCUT2D eigenvalue weighted by Gasteiger charge is -2.25. The van der Waals surface area contributed by atoms with Crippen molar-refractivity contribution in [3.8, 4) is 11.3 Å². The first-order chi connectivity index (χ1) is 17.9. The van der Waals surface area contributed by atoms with E-state index in [2.05, 4.69) is 39.9 Å². The summed E-state index contributed by atoms with van der Waals surface area (Å²) in [4.78, 5) is 29.5. The molecule has 0 saturated carbocycles. The van der Waals surface area contributed by atoms with Crippen molar-refractivity contribution in [3.05, 3.63) is 88.3 Å². The van der Waals surface area contributed by atoms with E-state index in [4.69, 9.17) is 0 Å². The van der Waals surface area contributed by atoms with Crippen LogP contribution in [0.15, 0.2) is 66.6 Å². The molecular formula is C28H30N5O3S+. The molecule has 0 aliphatic heterocycles. The van der Waals surface area contributed by atoms with Crippen molar-refractivity contribution >= 4 is 23.2 Å². The summed E-state index contributed by atoms with van der Waals surface area (Å²) in [6.07, 6.45) is 10.6. The minimum absolute atomic E-state index is 0.196. The molecule has 2 N–H and O–H groups in total. The van der Waals surface area contributed by atoms with Crippen LogP contribution in [0.5, 0.6) is 0 Å². The minimum atomic E-state index is -0.964. The first kappa shape index (κ1) is 24.8. The number of hydrogen-bond acceptors (Lipinski definition) is 5. The van der Waals surface area contributed by atoms with E-state index in [1.165, 1.54) is 16.9 Å². The van der Waals surface area contributed by atoms with Crippen molar-refractivity contribution in [1.82, 2.24) is 20.1 Å². The second-order valence-electron chi connectivity index (χ2n) is 9.75. The number of nitrogens with zero attached hydrogens (tertiary/aromatic N) is 4. The quantitative estimate of drug-likeness (QED) is 0.315. The molecule has 8 nitrogen and oxygen atoms in total. The van der Waals surface area contributed by atoms with E-state index < -0.39 is 11.4 Å². The van der Waals surface area contributed by atoms with Crippen molar-refractivity contribution < 1.29 is 19.3 Å². The van der Waals surface area contributed by atoms with E-state index >= 15 is 0 Å². The lowest BCUT2D eigenvalue weighted by atomic mass is 9.80. The van der Waals surface area contributed by atoms with Crippen LogP contribution >= 0.6 is 11.3 Å². The maximum absolute atomic E-state index is 13.2. The molecule has 0 spiro atoms. The van der Waals surface area contributed by atoms with Gasteiger partial charge in [-0.2, -0.15) is 5.10 Å². The fourth-order valence-electron chi connectivity index (χ4n) is 4.98. The zero-order chi connectivity index (χ0) is 25.8. The summed E-state index contributed by atoms with van der Waals surface area (Å²) in [5.41, 5.74) is 4.20. The molecule has 4 aromatic rings. The Bertz CT molecular complexity index is 1380. The van der Waals surface area contributed by atoms with Gasteiger partial charge in [0.1, 0.15) is 12.1 Å². The Morgan fingerprint density at radius 1 is 1.16 bits per heavy atom. The van der Waals surface area contributed by atoms with E-state index in [1.807, 2.05) is 58.3 Å². The van der Waals surface area contributed by atoms with E-state index in [1.54, 1.807) is 0 Å². The highest BCUT2D eigenvalue weighted by Crippen LogP contribution is 2.40. The molecule has 1 amide bonds. The Morgan fingerprint density at radius 2 is 1.89 bits per heavy atom. The third-order valence-electron chi connectivity index (χ3n) is 6.93. The third kappa shape index (κ3) is 5.77. The van der Waals surface area contributed by atoms with Gasteiger partial charge in [0.25, 0.3) is 0 Å². The van der Waals surface area contributed by atoms with Gasteiger partial charge in [0.2, 0.25) is 5.91 Å². The first-order valence-electron chi connectivity index (χ1n) is 12.4. The van der Waals surface area contributed by atoms with Gasteiger partial charge in [-0.1, -0.05) is 24.3 Å². The van der Waals surface area contributed by atoms with Crippen molar-refractivity contribution in [2.75, 3.05) is 0 Å². The van der Waals surface area contributed by atoms with Crippen LogP contribution in [-0.2, 0) is 49.0 Å². The maximum atomic E-state index is 13.2. The Kier molecular flexibility index (Phi) is 7.14. The SMILES string of the molecule is C[n+]1ccc(CCCn2cc(-c3csc(CNC(=O)C4(CC(=O)O)Cc5ccccc5C4)n3)cn2)cc1. The predicted octanol–water partition coefficient (Wildman–Crippen LogP) is 3.34. The van der Waals surface area contributed by atoms with Crippen molar-refractivity contribution in [2.45, 2.75) is 45.2 Å². The largest absolute Gasteiger partial charge is 0.481 e. The number of carbonyl (C=O) groups is 2. The molecule has 1 aromatic carbocycles. The number of thiazole rings is 1. The maximum Gasteiger partial charge on any atom is 0.304 e. The van der Waals surface area contributed by atoms with Gasteiger partial charge in [-0.15, -0.1) is 11.3 Å². The van der Waals surface area contributed by atoms with E-state index in [0.717, 1.165) is 46.8 Å². The Morgan fingerprint density at radius 3 is 2.59 bits per heavy atom. The fourth-order valence-corrected chi connectivity index (χ4v) is 5.72. The number of amides is 1. The molecule has 9 heteroatoms. The molecule has 0 unspecified atom stereocenters. The van der Waals surface area contributed by atoms with Gasteiger partial charge in [-0.25, -0.2) is 9.55 Å². The summed E-state index contributed by atoms with van der Waals surface area (Å²) in [5.74, 6) is -1.20. The Labute approximate surface area is 219 Å². The first-order valence-corrected chi connectivity index (χ1v) is 13.3. The van der Waals surface area contributed by atoms with Crippen LogP contribution in [-0.4, -0.2) is 31.7 Å². The molecule has 190 valence electrons. The van der Waals surface area contributed by atoms with Crippen LogP contribution in [0.25, 0.3) is 11.3 Å². The number of benzene rings is 1. The van der Waals surface area contributed by atoms with Gasteiger partial charge in [0.05, 0.1) is 30.3 Å². The highest BCUT2D eigenvalue weighted by Gasteiger charge is 2.45. The summed E-state index contributed by atoms with van der Waals surface area (Å²) in [6.45, 7) is 1.09. The molecule has 3 aromatic heterocycles. The lowest BCUT2D eigenvalue weighted by Crippen LogP contribution is -2.43. The van der Waals surface area contributed by atoms with Gasteiger partial charge >= 0.3 is 5.97 Å². The average Bonchev–Trinajstić information content (AvgIpc) is 3.62. The Hall–Kier alpha value is -3.85. The average molecular weight is 517 g/mol. The molecule has 0 fully saturated rings. The molecule has 1 aliphatic rings. The number of rotatable bonds is 10. The van der Waals surface area contributed by atoms with E-state index in [-0.39, 0.29) is 18.9 Å². The van der Waals surface area contributed by atoms with Crippen LogP contribution < -0.4 is 9.88 Å². The monoisotopic (exact) mass is 516 g/mol. The molecule has 0 atom stereocenters. The van der Waals surface area contributed by atoms with E-state index in [0.29, 0.717) is 12.8 Å². The fraction of sp³-hybridized carbons (Fsp3) is 0.321. The molecule has 37 heavy (non-hydrogen) atoms. The zero-order valence-corrected chi connectivity index (χ0v) is 21.6. The van der Waals surface area contributed by atoms with Crippen molar-refractivity contribution in [3.63, 3.8) is 0 Å².